The standard InChI is InChI=1S/C10H23NO3/c1-3-9(4-5-12)6-11-7-10(13)8-14-2/h9-13H,3-8H2,1-2H3. The van der Waals surface area contributed by atoms with Gasteiger partial charge in [-0.1, -0.05) is 13.3 Å². The molecule has 0 radical (unpaired) electrons. The number of hydrogen-bond donors (Lipinski definition) is 3. The van der Waals surface area contributed by atoms with E-state index in [1.165, 1.54) is 0 Å². The van der Waals surface area contributed by atoms with Gasteiger partial charge in [0.2, 0.25) is 0 Å². The summed E-state index contributed by atoms with van der Waals surface area (Å²) in [6.07, 6.45) is 1.43. The van der Waals surface area contributed by atoms with Gasteiger partial charge in [0.05, 0.1) is 12.7 Å². The van der Waals surface area contributed by atoms with E-state index in [1.807, 2.05) is 0 Å². The number of aliphatic hydroxyl groups is 2. The molecular weight excluding hydrogens is 182 g/mol. The normalized spacial score (nSPS) is 15.4. The predicted molar refractivity (Wildman–Crippen MR) is 56.2 cm³/mol. The molecule has 0 aliphatic carbocycles. The van der Waals surface area contributed by atoms with E-state index < -0.39 is 6.10 Å². The van der Waals surface area contributed by atoms with Crippen LogP contribution in [-0.2, 0) is 4.74 Å². The van der Waals surface area contributed by atoms with Crippen LogP contribution in [0.25, 0.3) is 0 Å². The maximum absolute atomic E-state index is 9.33. The summed E-state index contributed by atoms with van der Waals surface area (Å²) in [5, 5.41) is 21.3. The van der Waals surface area contributed by atoms with Crippen LogP contribution in [0.3, 0.4) is 0 Å². The third-order valence-electron chi connectivity index (χ3n) is 2.29. The van der Waals surface area contributed by atoms with Gasteiger partial charge in [0.25, 0.3) is 0 Å². The number of ether oxygens (including phenoxy) is 1. The summed E-state index contributed by atoms with van der Waals surface area (Å²) < 4.78 is 4.80. The first-order chi connectivity index (χ1) is 6.74. The third kappa shape index (κ3) is 7.26. The number of hydrogen-bond acceptors (Lipinski definition) is 4. The Morgan fingerprint density at radius 3 is 2.57 bits per heavy atom. The van der Waals surface area contributed by atoms with Gasteiger partial charge in [-0.25, -0.2) is 0 Å². The lowest BCUT2D eigenvalue weighted by Gasteiger charge is -2.16. The van der Waals surface area contributed by atoms with Crippen molar-refractivity contribution in [2.75, 3.05) is 33.4 Å². The second-order valence-electron chi connectivity index (χ2n) is 3.55. The van der Waals surface area contributed by atoms with Crippen LogP contribution in [0.1, 0.15) is 19.8 Å². The van der Waals surface area contributed by atoms with Crippen LogP contribution in [0.4, 0.5) is 0 Å². The minimum atomic E-state index is -0.438. The zero-order valence-electron chi connectivity index (χ0n) is 9.20. The Morgan fingerprint density at radius 2 is 2.07 bits per heavy atom. The smallest absolute Gasteiger partial charge is 0.0897 e. The summed E-state index contributed by atoms with van der Waals surface area (Å²) in [5.74, 6) is 0.495. The van der Waals surface area contributed by atoms with E-state index in [0.29, 0.717) is 19.1 Å². The summed E-state index contributed by atoms with van der Waals surface area (Å²) >= 11 is 0. The number of rotatable bonds is 9. The van der Waals surface area contributed by atoms with Gasteiger partial charge in [-0.15, -0.1) is 0 Å². The third-order valence-corrected chi connectivity index (χ3v) is 2.29. The average Bonchev–Trinajstić information content (AvgIpc) is 2.17. The van der Waals surface area contributed by atoms with Crippen LogP contribution in [0.5, 0.6) is 0 Å². The lowest BCUT2D eigenvalue weighted by molar-refractivity contribution is 0.0637. The minimum absolute atomic E-state index is 0.237. The Morgan fingerprint density at radius 1 is 1.36 bits per heavy atom. The molecule has 0 aromatic heterocycles. The highest BCUT2D eigenvalue weighted by molar-refractivity contribution is 4.63. The summed E-state index contributed by atoms with van der Waals surface area (Å²) in [4.78, 5) is 0. The Kier molecular flexibility index (Phi) is 9.29. The van der Waals surface area contributed by atoms with Crippen molar-refractivity contribution in [1.82, 2.24) is 5.32 Å². The van der Waals surface area contributed by atoms with Gasteiger partial charge in [0, 0.05) is 20.3 Å². The first-order valence-corrected chi connectivity index (χ1v) is 5.23. The molecule has 0 saturated carbocycles. The topological polar surface area (TPSA) is 61.7 Å². The minimum Gasteiger partial charge on any atom is -0.396 e. The molecule has 0 aliphatic rings. The molecule has 86 valence electrons. The Balaban J connectivity index is 3.40. The van der Waals surface area contributed by atoms with Gasteiger partial charge >= 0.3 is 0 Å². The lowest BCUT2D eigenvalue weighted by atomic mass is 10.0. The molecule has 2 atom stereocenters. The van der Waals surface area contributed by atoms with Crippen LogP contribution in [0.15, 0.2) is 0 Å². The van der Waals surface area contributed by atoms with Gasteiger partial charge in [-0.3, -0.25) is 0 Å². The van der Waals surface area contributed by atoms with E-state index in [9.17, 15) is 5.11 Å². The first-order valence-electron chi connectivity index (χ1n) is 5.23. The molecule has 0 aliphatic heterocycles. The predicted octanol–water partition coefficient (Wildman–Crippen LogP) is -0.00810. The highest BCUT2D eigenvalue weighted by Gasteiger charge is 2.07. The van der Waals surface area contributed by atoms with E-state index in [-0.39, 0.29) is 6.61 Å². The van der Waals surface area contributed by atoms with Gasteiger partial charge in [0.1, 0.15) is 0 Å². The molecule has 0 aromatic rings. The second-order valence-corrected chi connectivity index (χ2v) is 3.55. The van der Waals surface area contributed by atoms with Crippen molar-refractivity contribution in [2.45, 2.75) is 25.9 Å². The van der Waals surface area contributed by atoms with E-state index in [2.05, 4.69) is 12.2 Å². The summed E-state index contributed by atoms with van der Waals surface area (Å²) in [5.41, 5.74) is 0. The molecule has 0 saturated heterocycles. The van der Waals surface area contributed by atoms with Gasteiger partial charge < -0.3 is 20.3 Å². The van der Waals surface area contributed by atoms with Crippen molar-refractivity contribution in [3.05, 3.63) is 0 Å². The number of aliphatic hydroxyl groups excluding tert-OH is 2. The van der Waals surface area contributed by atoms with E-state index in [4.69, 9.17) is 9.84 Å². The van der Waals surface area contributed by atoms with Crippen molar-refractivity contribution < 1.29 is 14.9 Å². The number of methoxy groups -OCH3 is 1. The quantitative estimate of drug-likeness (QED) is 0.495. The fourth-order valence-electron chi connectivity index (χ4n) is 1.34. The van der Waals surface area contributed by atoms with Gasteiger partial charge in [-0.2, -0.15) is 0 Å². The van der Waals surface area contributed by atoms with Crippen LogP contribution in [0, 0.1) is 5.92 Å². The molecule has 0 fully saturated rings. The van der Waals surface area contributed by atoms with Crippen molar-refractivity contribution in [3.63, 3.8) is 0 Å². The fraction of sp³-hybridized carbons (Fsp3) is 1.00. The zero-order chi connectivity index (χ0) is 10.8. The SMILES string of the molecule is CCC(CCO)CNCC(O)COC. The van der Waals surface area contributed by atoms with Crippen LogP contribution >= 0.6 is 0 Å². The van der Waals surface area contributed by atoms with Crippen LogP contribution in [-0.4, -0.2) is 49.7 Å². The van der Waals surface area contributed by atoms with Gasteiger partial charge in [0.15, 0.2) is 0 Å². The molecule has 4 nitrogen and oxygen atoms in total. The molecule has 0 rings (SSSR count). The van der Waals surface area contributed by atoms with Gasteiger partial charge in [-0.05, 0) is 18.9 Å². The Bertz CT molecular complexity index is 122. The molecule has 4 heteroatoms. The maximum atomic E-state index is 9.33. The Hall–Kier alpha value is -0.160. The highest BCUT2D eigenvalue weighted by Crippen LogP contribution is 2.05. The fourth-order valence-corrected chi connectivity index (χ4v) is 1.34. The Labute approximate surface area is 86.3 Å². The molecule has 0 heterocycles. The maximum Gasteiger partial charge on any atom is 0.0897 e. The lowest BCUT2D eigenvalue weighted by Crippen LogP contribution is -2.33. The van der Waals surface area contributed by atoms with Crippen LogP contribution in [0.2, 0.25) is 0 Å². The molecule has 0 aromatic carbocycles. The van der Waals surface area contributed by atoms with E-state index in [1.54, 1.807) is 7.11 Å². The molecule has 3 N–H and O–H groups in total. The summed E-state index contributed by atoms with van der Waals surface area (Å²) in [6.45, 7) is 4.10. The van der Waals surface area contributed by atoms with Crippen molar-refractivity contribution in [2.24, 2.45) is 5.92 Å². The molecule has 14 heavy (non-hydrogen) atoms. The largest absolute Gasteiger partial charge is 0.396 e. The zero-order valence-corrected chi connectivity index (χ0v) is 9.20. The molecular formula is C10H23NO3. The monoisotopic (exact) mass is 205 g/mol. The summed E-state index contributed by atoms with van der Waals surface area (Å²) in [7, 11) is 1.57. The van der Waals surface area contributed by atoms with E-state index in [0.717, 1.165) is 19.4 Å². The van der Waals surface area contributed by atoms with Crippen molar-refractivity contribution in [1.29, 1.82) is 0 Å². The van der Waals surface area contributed by atoms with E-state index >= 15 is 0 Å². The molecule has 0 amide bonds. The second kappa shape index (κ2) is 9.40. The van der Waals surface area contributed by atoms with Crippen molar-refractivity contribution >= 4 is 0 Å². The first kappa shape index (κ1) is 13.8. The summed E-state index contributed by atoms with van der Waals surface area (Å²) in [6, 6.07) is 0. The number of nitrogens with one attached hydrogen (secondary N) is 1. The highest BCUT2D eigenvalue weighted by atomic mass is 16.5. The average molecular weight is 205 g/mol. The molecule has 2 unspecified atom stereocenters. The van der Waals surface area contributed by atoms with Crippen molar-refractivity contribution in [3.8, 4) is 0 Å². The molecule has 0 bridgehead atoms. The van der Waals surface area contributed by atoms with Crippen LogP contribution < -0.4 is 5.32 Å². The molecule has 0 spiro atoms.